The number of esters is 1. The number of Topliss-reactive ketones (excluding diaryl/α,β-unsaturated/α-hetero) is 1. The molecule has 1 aliphatic heterocycles. The molecule has 1 aromatic heterocycles. The minimum atomic E-state index is -2.21. The second-order valence-electron chi connectivity index (χ2n) is 10.4. The lowest BCUT2D eigenvalue weighted by Gasteiger charge is -2.36. The number of ether oxygens (including phenoxy) is 1. The molecule has 2 heterocycles. The normalized spacial score (nSPS) is 26.0. The number of benzene rings is 2. The second kappa shape index (κ2) is 11.6. The van der Waals surface area contributed by atoms with Crippen LogP contribution in [0.1, 0.15) is 31.3 Å². The van der Waals surface area contributed by atoms with Gasteiger partial charge in [-0.1, -0.05) is 69.6 Å². The van der Waals surface area contributed by atoms with Gasteiger partial charge < -0.3 is 9.15 Å². The van der Waals surface area contributed by atoms with Crippen LogP contribution in [0.25, 0.3) is 0 Å². The van der Waals surface area contributed by atoms with Crippen molar-refractivity contribution in [1.29, 1.82) is 0 Å². The van der Waals surface area contributed by atoms with Crippen LogP contribution in [-0.2, 0) is 9.59 Å². The van der Waals surface area contributed by atoms with Crippen molar-refractivity contribution in [2.24, 2.45) is 11.8 Å². The fourth-order valence-electron chi connectivity index (χ4n) is 5.74. The molecule has 1 saturated carbocycles. The van der Waals surface area contributed by atoms with Gasteiger partial charge in [0.05, 0.1) is 38.7 Å². The maximum absolute atomic E-state index is 14.1. The van der Waals surface area contributed by atoms with Gasteiger partial charge in [-0.2, -0.15) is 5.01 Å². The number of amides is 3. The van der Waals surface area contributed by atoms with Crippen LogP contribution >= 0.6 is 92.8 Å². The van der Waals surface area contributed by atoms with E-state index < -0.39 is 61.9 Å². The first-order valence-electron chi connectivity index (χ1n) is 12.9. The van der Waals surface area contributed by atoms with Crippen molar-refractivity contribution in [3.63, 3.8) is 0 Å². The monoisotopic (exact) mass is 782 g/mol. The number of allylic oxidation sites excluding steroid dienone is 2. The van der Waals surface area contributed by atoms with E-state index in [2.05, 4.69) is 0 Å². The van der Waals surface area contributed by atoms with Crippen LogP contribution in [0.5, 0.6) is 5.75 Å². The zero-order valence-corrected chi connectivity index (χ0v) is 28.5. The van der Waals surface area contributed by atoms with E-state index in [1.165, 1.54) is 60.9 Å². The van der Waals surface area contributed by atoms with Crippen molar-refractivity contribution in [2.75, 3.05) is 6.54 Å². The lowest BCUT2D eigenvalue weighted by atomic mass is 9.84. The summed E-state index contributed by atoms with van der Waals surface area (Å²) in [5.74, 6) is -7.75. The number of halogens is 8. The van der Waals surface area contributed by atoms with Gasteiger partial charge in [0.15, 0.2) is 10.1 Å². The van der Waals surface area contributed by atoms with E-state index in [-0.39, 0.29) is 42.7 Å². The second-order valence-corrected chi connectivity index (χ2v) is 14.5. The van der Waals surface area contributed by atoms with Crippen LogP contribution in [0.15, 0.2) is 75.3 Å². The zero-order chi connectivity index (χ0) is 33.5. The molecule has 1 saturated heterocycles. The van der Waals surface area contributed by atoms with Crippen LogP contribution in [0, 0.1) is 11.8 Å². The fourth-order valence-corrected chi connectivity index (χ4v) is 9.16. The molecule has 0 unspecified atom stereocenters. The minimum absolute atomic E-state index is 0.0214. The Bertz CT molecular complexity index is 1830. The summed E-state index contributed by atoms with van der Waals surface area (Å²) in [6, 6.07) is 12.1. The maximum atomic E-state index is 14.1. The first-order valence-corrected chi connectivity index (χ1v) is 15.9. The molecule has 46 heavy (non-hydrogen) atoms. The topological polar surface area (TPSA) is 114 Å². The number of carbonyl (C=O) groups is 5. The van der Waals surface area contributed by atoms with E-state index in [1.54, 1.807) is 0 Å². The number of fused-ring (bicyclic) bond motifs is 5. The highest BCUT2D eigenvalue weighted by Gasteiger charge is 2.88. The first kappa shape index (κ1) is 33.4. The molecule has 9 nitrogen and oxygen atoms in total. The third kappa shape index (κ3) is 4.62. The van der Waals surface area contributed by atoms with E-state index in [0.29, 0.717) is 10.0 Å². The smallest absolute Gasteiger partial charge is 0.379 e. The molecule has 2 fully saturated rings. The van der Waals surface area contributed by atoms with Crippen molar-refractivity contribution >= 4 is 122 Å². The number of hydrogen-bond donors (Lipinski definition) is 0. The Kier molecular flexibility index (Phi) is 8.43. The van der Waals surface area contributed by atoms with Gasteiger partial charge in [0.2, 0.25) is 5.76 Å². The number of furan rings is 1. The molecule has 0 spiro atoms. The largest absolute Gasteiger partial charge is 0.457 e. The Morgan fingerprint density at radius 3 is 1.96 bits per heavy atom. The molecule has 2 aliphatic carbocycles. The standard InChI is InChI=1S/C29H14Cl8N2O7/c30-13-5-8-15(16(31)10-13)23(41)38(11-17(40)12-3-6-14(7-4-12)46-26(44)18-2-1-9-45-18)39-24(42)19-20(25(39)43)28(35)22(33)21(32)27(19,34)29(28,36)37/h1-10,19-20H,11H2/t19-,20-,27+,28+/m0/s1. The average Bonchev–Trinajstić information content (AvgIpc) is 3.69. The summed E-state index contributed by atoms with van der Waals surface area (Å²) in [6.45, 7) is -0.855. The van der Waals surface area contributed by atoms with Crippen LogP contribution in [0.4, 0.5) is 0 Å². The summed E-state index contributed by atoms with van der Waals surface area (Å²) in [7, 11) is 0. The zero-order valence-electron chi connectivity index (χ0n) is 22.4. The van der Waals surface area contributed by atoms with Gasteiger partial charge in [-0.15, -0.1) is 23.2 Å². The highest BCUT2D eigenvalue weighted by atomic mass is 35.5. The van der Waals surface area contributed by atoms with E-state index in [1.807, 2.05) is 0 Å². The van der Waals surface area contributed by atoms with Gasteiger partial charge >= 0.3 is 5.97 Å². The molecule has 3 amide bonds. The third-order valence-corrected chi connectivity index (χ3v) is 12.7. The SMILES string of the molecule is O=C(CN(C(=O)c1ccc(Cl)cc1Cl)N1C(=O)[C@@H]2[C@@H](C1=O)[C@@]1(Cl)C(Cl)=C(Cl)[C@@]2(Cl)C1(Cl)Cl)c1ccc(OC(=O)c2ccco2)cc1. The summed E-state index contributed by atoms with van der Waals surface area (Å²) >= 11 is 51.8. The maximum Gasteiger partial charge on any atom is 0.379 e. The van der Waals surface area contributed by atoms with E-state index in [9.17, 15) is 24.0 Å². The van der Waals surface area contributed by atoms with Gasteiger partial charge in [-0.05, 0) is 54.6 Å². The molecule has 238 valence electrons. The molecule has 2 bridgehead atoms. The van der Waals surface area contributed by atoms with Gasteiger partial charge in [0, 0.05) is 10.6 Å². The van der Waals surface area contributed by atoms with Crippen LogP contribution in [0.3, 0.4) is 0 Å². The predicted octanol–water partition coefficient (Wildman–Crippen LogP) is 7.49. The fraction of sp³-hybridized carbons (Fsp3) is 0.207. The number of alkyl halides is 4. The Morgan fingerprint density at radius 2 is 1.43 bits per heavy atom. The number of rotatable bonds is 7. The van der Waals surface area contributed by atoms with Crippen molar-refractivity contribution in [3.05, 3.63) is 97.9 Å². The predicted molar refractivity (Wildman–Crippen MR) is 171 cm³/mol. The summed E-state index contributed by atoms with van der Waals surface area (Å²) in [5, 5.41) is 0.465. The molecule has 17 heteroatoms. The number of hydrazine groups is 1. The van der Waals surface area contributed by atoms with E-state index in [0.717, 1.165) is 0 Å². The highest BCUT2D eigenvalue weighted by Crippen LogP contribution is 2.77. The molecular formula is C29H14Cl8N2O7. The van der Waals surface area contributed by atoms with Gasteiger partial charge in [-0.25, -0.2) is 9.80 Å². The number of hydrogen-bond acceptors (Lipinski definition) is 7. The van der Waals surface area contributed by atoms with Gasteiger partial charge in [0.25, 0.3) is 17.7 Å². The summed E-state index contributed by atoms with van der Waals surface area (Å²) in [6.07, 6.45) is 1.30. The number of carbonyl (C=O) groups excluding carboxylic acids is 5. The van der Waals surface area contributed by atoms with Gasteiger partial charge in [-0.3, -0.25) is 19.2 Å². The average molecular weight is 786 g/mol. The lowest BCUT2D eigenvalue weighted by molar-refractivity contribution is -0.154. The van der Waals surface area contributed by atoms with Crippen molar-refractivity contribution in [1.82, 2.24) is 10.0 Å². The third-order valence-electron chi connectivity index (χ3n) is 7.93. The number of ketones is 1. The molecular weight excluding hydrogens is 772 g/mol. The van der Waals surface area contributed by atoms with Crippen LogP contribution in [0.2, 0.25) is 10.0 Å². The molecule has 4 atom stereocenters. The summed E-state index contributed by atoms with van der Waals surface area (Å²) in [5.41, 5.74) is -0.174. The highest BCUT2D eigenvalue weighted by molar-refractivity contribution is 6.66. The van der Waals surface area contributed by atoms with Crippen molar-refractivity contribution < 1.29 is 33.1 Å². The number of nitrogens with zero attached hydrogens (tertiary/aromatic N) is 2. The molecule has 3 aliphatic rings. The molecule has 6 rings (SSSR count). The Morgan fingerprint density at radius 1 is 0.848 bits per heavy atom. The molecule has 0 radical (unpaired) electrons. The Labute approximate surface area is 299 Å². The summed E-state index contributed by atoms with van der Waals surface area (Å²) < 4.78 is 8.01. The van der Waals surface area contributed by atoms with Crippen molar-refractivity contribution in [3.8, 4) is 5.75 Å². The molecule has 3 aromatic rings. The Hall–Kier alpha value is -2.47. The first-order chi connectivity index (χ1) is 21.6. The lowest BCUT2D eigenvalue weighted by Crippen LogP contribution is -2.56. The van der Waals surface area contributed by atoms with Crippen LogP contribution < -0.4 is 4.74 Å². The van der Waals surface area contributed by atoms with E-state index >= 15 is 0 Å². The summed E-state index contributed by atoms with van der Waals surface area (Å²) in [4.78, 5) is 63.6. The molecule has 0 N–H and O–H groups in total. The van der Waals surface area contributed by atoms with Crippen LogP contribution in [-0.4, -0.2) is 60.1 Å². The molecule has 2 aromatic carbocycles. The van der Waals surface area contributed by atoms with E-state index in [4.69, 9.17) is 102 Å². The quantitative estimate of drug-likeness (QED) is 0.0802. The van der Waals surface area contributed by atoms with Gasteiger partial charge in [0.1, 0.15) is 22.0 Å². The number of imide groups is 1. The minimum Gasteiger partial charge on any atom is -0.457 e. The van der Waals surface area contributed by atoms with Crippen molar-refractivity contribution in [2.45, 2.75) is 14.1 Å². The Balaban J connectivity index is 1.35.